The van der Waals surface area contributed by atoms with Crippen molar-refractivity contribution < 1.29 is 18.0 Å². The van der Waals surface area contributed by atoms with E-state index in [-0.39, 0.29) is 24.4 Å². The molecule has 0 aromatic heterocycles. The average molecular weight is 386 g/mol. The number of piperidine rings is 1. The minimum absolute atomic E-state index is 0.0364. The lowest BCUT2D eigenvalue weighted by atomic mass is 10.1. The lowest BCUT2D eigenvalue weighted by molar-refractivity contribution is -0.144. The van der Waals surface area contributed by atoms with Crippen LogP contribution in [-0.4, -0.2) is 67.0 Å². The normalized spacial score (nSPS) is 26.5. The monoisotopic (exact) mass is 385 g/mol. The molecule has 0 bridgehead atoms. The molecule has 2 unspecified atom stereocenters. The largest absolute Gasteiger partial charge is 0.340 e. The Morgan fingerprint density at radius 3 is 2.50 bits per heavy atom. The summed E-state index contributed by atoms with van der Waals surface area (Å²) >= 11 is 0. The fourth-order valence-electron chi connectivity index (χ4n) is 4.50. The molecule has 2 saturated heterocycles. The van der Waals surface area contributed by atoms with E-state index in [0.29, 0.717) is 38.8 Å². The Kier molecular flexibility index (Phi) is 6.22. The van der Waals surface area contributed by atoms with Gasteiger partial charge in [-0.2, -0.15) is 0 Å². The van der Waals surface area contributed by atoms with Gasteiger partial charge in [0.1, 0.15) is 6.04 Å². The van der Waals surface area contributed by atoms with Crippen molar-refractivity contribution in [1.82, 2.24) is 14.5 Å². The molecule has 1 saturated carbocycles. The van der Waals surface area contributed by atoms with Gasteiger partial charge < -0.3 is 9.80 Å². The molecule has 3 fully saturated rings. The molecule has 2 atom stereocenters. The molecule has 3 aliphatic rings. The third-order valence-corrected chi connectivity index (χ3v) is 7.90. The maximum absolute atomic E-state index is 13.0. The highest BCUT2D eigenvalue weighted by Gasteiger charge is 2.39. The predicted octanol–water partition coefficient (Wildman–Crippen LogP) is 1.24. The first-order chi connectivity index (χ1) is 12.4. The van der Waals surface area contributed by atoms with Crippen LogP contribution in [-0.2, 0) is 19.6 Å². The van der Waals surface area contributed by atoms with Crippen molar-refractivity contribution in [1.29, 1.82) is 0 Å². The van der Waals surface area contributed by atoms with Crippen molar-refractivity contribution >= 4 is 21.8 Å². The zero-order valence-electron chi connectivity index (χ0n) is 15.7. The smallest absolute Gasteiger partial charge is 0.245 e. The summed E-state index contributed by atoms with van der Waals surface area (Å²) in [6.07, 6.45) is 7.11. The van der Waals surface area contributed by atoms with Crippen LogP contribution in [0.1, 0.15) is 64.7 Å². The van der Waals surface area contributed by atoms with Gasteiger partial charge in [-0.15, -0.1) is 0 Å². The molecule has 2 heterocycles. The van der Waals surface area contributed by atoms with Crippen LogP contribution in [0, 0.1) is 0 Å². The van der Waals surface area contributed by atoms with Crippen LogP contribution < -0.4 is 4.72 Å². The molecule has 0 aromatic rings. The Bertz CT molecular complexity index is 630. The Morgan fingerprint density at radius 1 is 1.15 bits per heavy atom. The molecular weight excluding hydrogens is 354 g/mol. The van der Waals surface area contributed by atoms with Crippen molar-refractivity contribution in [2.24, 2.45) is 0 Å². The predicted molar refractivity (Wildman–Crippen MR) is 98.9 cm³/mol. The molecule has 7 nitrogen and oxygen atoms in total. The Balaban J connectivity index is 1.65. The van der Waals surface area contributed by atoms with Crippen LogP contribution in [0.15, 0.2) is 0 Å². The second-order valence-electron chi connectivity index (χ2n) is 7.81. The number of likely N-dealkylation sites (tertiary alicyclic amines) is 2. The van der Waals surface area contributed by atoms with Crippen molar-refractivity contribution in [2.75, 3.05) is 19.6 Å². The molecular formula is C18H31N3O4S. The molecule has 2 amide bonds. The molecule has 1 aliphatic carbocycles. The topological polar surface area (TPSA) is 86.8 Å². The maximum atomic E-state index is 13.0. The van der Waals surface area contributed by atoms with Gasteiger partial charge in [-0.05, 0) is 38.5 Å². The van der Waals surface area contributed by atoms with Crippen LogP contribution >= 0.6 is 0 Å². The van der Waals surface area contributed by atoms with E-state index in [1.807, 2.05) is 6.92 Å². The van der Waals surface area contributed by atoms with E-state index in [1.165, 1.54) is 0 Å². The average Bonchev–Trinajstić information content (AvgIpc) is 3.27. The number of hydrogen-bond donors (Lipinski definition) is 1. The van der Waals surface area contributed by atoms with Crippen molar-refractivity contribution in [3.63, 3.8) is 0 Å². The van der Waals surface area contributed by atoms with Crippen molar-refractivity contribution in [2.45, 2.75) is 82.0 Å². The van der Waals surface area contributed by atoms with Gasteiger partial charge in [0, 0.05) is 32.1 Å². The third kappa shape index (κ3) is 4.22. The van der Waals surface area contributed by atoms with Crippen LogP contribution in [0.4, 0.5) is 0 Å². The highest BCUT2D eigenvalue weighted by molar-refractivity contribution is 7.90. The van der Waals surface area contributed by atoms with Gasteiger partial charge >= 0.3 is 0 Å². The molecule has 148 valence electrons. The fraction of sp³-hybridized carbons (Fsp3) is 0.889. The van der Waals surface area contributed by atoms with Gasteiger partial charge in [0.05, 0.1) is 5.25 Å². The summed E-state index contributed by atoms with van der Waals surface area (Å²) in [6, 6.07) is -0.397. The highest BCUT2D eigenvalue weighted by atomic mass is 32.2. The summed E-state index contributed by atoms with van der Waals surface area (Å²) in [6.45, 7) is 3.35. The Hall–Kier alpha value is -1.15. The molecule has 0 spiro atoms. The quantitative estimate of drug-likeness (QED) is 0.745. The van der Waals surface area contributed by atoms with Gasteiger partial charge in [0.2, 0.25) is 21.8 Å². The standard InChI is InChI=1S/C18H31N3O4S/c1-2-16(21-12-6-10-17(21)22)18(23)20-11-5-9-15(13-20)26(24,25)19-14-7-3-4-8-14/h14-16,19H,2-13H2,1H3. The number of hydrogen-bond acceptors (Lipinski definition) is 4. The van der Waals surface area contributed by atoms with Crippen molar-refractivity contribution in [3.05, 3.63) is 0 Å². The minimum Gasteiger partial charge on any atom is -0.340 e. The van der Waals surface area contributed by atoms with E-state index in [2.05, 4.69) is 4.72 Å². The van der Waals surface area contributed by atoms with Crippen LogP contribution in [0.5, 0.6) is 0 Å². The lowest BCUT2D eigenvalue weighted by Crippen LogP contribution is -2.55. The zero-order chi connectivity index (χ0) is 18.7. The summed E-state index contributed by atoms with van der Waals surface area (Å²) in [5.74, 6) is -0.0576. The molecule has 0 aromatic carbocycles. The Labute approximate surface area is 156 Å². The third-order valence-electron chi connectivity index (χ3n) is 5.97. The number of rotatable bonds is 6. The van der Waals surface area contributed by atoms with E-state index in [4.69, 9.17) is 0 Å². The number of sulfonamides is 1. The molecule has 2 aliphatic heterocycles. The molecule has 8 heteroatoms. The minimum atomic E-state index is -3.42. The first-order valence-corrected chi connectivity index (χ1v) is 11.6. The van der Waals surface area contributed by atoms with Crippen LogP contribution in [0.25, 0.3) is 0 Å². The molecule has 26 heavy (non-hydrogen) atoms. The SMILES string of the molecule is CCC(C(=O)N1CCCC(S(=O)(=O)NC2CCCC2)C1)N1CCCC1=O. The number of amides is 2. The number of carbonyl (C=O) groups is 2. The fourth-order valence-corrected chi connectivity index (χ4v) is 6.25. The van der Waals surface area contributed by atoms with E-state index in [0.717, 1.165) is 32.1 Å². The summed E-state index contributed by atoms with van der Waals surface area (Å²) in [7, 11) is -3.42. The van der Waals surface area contributed by atoms with E-state index < -0.39 is 21.3 Å². The highest BCUT2D eigenvalue weighted by Crippen LogP contribution is 2.24. The van der Waals surface area contributed by atoms with E-state index >= 15 is 0 Å². The number of nitrogens with zero attached hydrogens (tertiary/aromatic N) is 2. The van der Waals surface area contributed by atoms with Gasteiger partial charge in [-0.3, -0.25) is 9.59 Å². The van der Waals surface area contributed by atoms with Crippen molar-refractivity contribution in [3.8, 4) is 0 Å². The van der Waals surface area contributed by atoms with Crippen LogP contribution in [0.3, 0.4) is 0 Å². The Morgan fingerprint density at radius 2 is 1.88 bits per heavy atom. The molecule has 3 rings (SSSR count). The van der Waals surface area contributed by atoms with Gasteiger partial charge in [0.25, 0.3) is 0 Å². The van der Waals surface area contributed by atoms with E-state index in [9.17, 15) is 18.0 Å². The molecule has 1 N–H and O–H groups in total. The van der Waals surface area contributed by atoms with Gasteiger partial charge in [-0.25, -0.2) is 13.1 Å². The number of nitrogens with one attached hydrogen (secondary N) is 1. The maximum Gasteiger partial charge on any atom is 0.245 e. The van der Waals surface area contributed by atoms with Gasteiger partial charge in [0.15, 0.2) is 0 Å². The summed E-state index contributed by atoms with van der Waals surface area (Å²) in [5, 5.41) is -0.549. The van der Waals surface area contributed by atoms with Crippen LogP contribution in [0.2, 0.25) is 0 Å². The van der Waals surface area contributed by atoms with Gasteiger partial charge in [-0.1, -0.05) is 19.8 Å². The second-order valence-corrected chi connectivity index (χ2v) is 9.80. The number of carbonyl (C=O) groups excluding carboxylic acids is 2. The lowest BCUT2D eigenvalue weighted by Gasteiger charge is -2.37. The summed E-state index contributed by atoms with van der Waals surface area (Å²) < 4.78 is 28.3. The second kappa shape index (κ2) is 8.25. The summed E-state index contributed by atoms with van der Waals surface area (Å²) in [5.41, 5.74) is 0. The zero-order valence-corrected chi connectivity index (χ0v) is 16.5. The summed E-state index contributed by atoms with van der Waals surface area (Å²) in [4.78, 5) is 28.4. The first-order valence-electron chi connectivity index (χ1n) is 10.0. The van der Waals surface area contributed by atoms with E-state index in [1.54, 1.807) is 9.80 Å². The first kappa shape index (κ1) is 19.6. The molecule has 0 radical (unpaired) electrons.